The van der Waals surface area contributed by atoms with Crippen molar-refractivity contribution in [3.05, 3.63) is 48.0 Å². The summed E-state index contributed by atoms with van der Waals surface area (Å²) in [7, 11) is 1.58. The predicted octanol–water partition coefficient (Wildman–Crippen LogP) is 2.03. The first-order valence-corrected chi connectivity index (χ1v) is 7.85. The van der Waals surface area contributed by atoms with Gasteiger partial charge >= 0.3 is 0 Å². The van der Waals surface area contributed by atoms with Crippen LogP contribution in [0.1, 0.15) is 5.56 Å². The number of benzene rings is 2. The summed E-state index contributed by atoms with van der Waals surface area (Å²) in [5.74, 6) is 1.81. The van der Waals surface area contributed by atoms with E-state index in [-0.39, 0.29) is 12.5 Å². The van der Waals surface area contributed by atoms with E-state index in [0.29, 0.717) is 30.5 Å². The molecule has 0 fully saturated rings. The second-order valence-corrected chi connectivity index (χ2v) is 5.25. The van der Waals surface area contributed by atoms with Gasteiger partial charge < -0.3 is 19.5 Å². The SMILES string of the molecule is COc1ccccc1NCC(=O)N/N=C\c1ccc2c(c1)OCCO2. The van der Waals surface area contributed by atoms with Gasteiger partial charge in [-0.2, -0.15) is 5.10 Å². The molecule has 2 N–H and O–H groups in total. The van der Waals surface area contributed by atoms with E-state index in [1.54, 1.807) is 13.3 Å². The number of anilines is 1. The molecule has 1 amide bonds. The van der Waals surface area contributed by atoms with Crippen LogP contribution in [0.3, 0.4) is 0 Å². The van der Waals surface area contributed by atoms with E-state index >= 15 is 0 Å². The van der Waals surface area contributed by atoms with Gasteiger partial charge in [-0.05, 0) is 35.9 Å². The average Bonchev–Trinajstić information content (AvgIpc) is 2.66. The van der Waals surface area contributed by atoms with Gasteiger partial charge in [-0.25, -0.2) is 5.43 Å². The van der Waals surface area contributed by atoms with Crippen molar-refractivity contribution in [2.45, 2.75) is 0 Å². The Kier molecular flexibility index (Phi) is 5.36. The van der Waals surface area contributed by atoms with Gasteiger partial charge in [0.1, 0.15) is 19.0 Å². The molecule has 0 radical (unpaired) electrons. The van der Waals surface area contributed by atoms with Crippen molar-refractivity contribution in [1.29, 1.82) is 0 Å². The van der Waals surface area contributed by atoms with Crippen molar-refractivity contribution in [2.24, 2.45) is 5.10 Å². The first kappa shape index (κ1) is 16.6. The molecule has 0 saturated heterocycles. The molecule has 7 heteroatoms. The number of amides is 1. The number of ether oxygens (including phenoxy) is 3. The van der Waals surface area contributed by atoms with Gasteiger partial charge in [0.15, 0.2) is 11.5 Å². The molecular formula is C18H19N3O4. The van der Waals surface area contributed by atoms with Gasteiger partial charge in [-0.3, -0.25) is 4.79 Å². The number of carbonyl (C=O) groups is 1. The highest BCUT2D eigenvalue weighted by molar-refractivity contribution is 5.85. The molecular weight excluding hydrogens is 322 g/mol. The molecule has 0 aliphatic carbocycles. The Hall–Kier alpha value is -3.22. The fraction of sp³-hybridized carbons (Fsp3) is 0.222. The molecule has 2 aromatic rings. The summed E-state index contributed by atoms with van der Waals surface area (Å²) in [5, 5.41) is 6.96. The molecule has 1 heterocycles. The van der Waals surface area contributed by atoms with Crippen LogP contribution in [-0.2, 0) is 4.79 Å². The minimum absolute atomic E-state index is 0.0822. The largest absolute Gasteiger partial charge is 0.495 e. The average molecular weight is 341 g/mol. The number of para-hydroxylation sites is 2. The molecule has 130 valence electrons. The Morgan fingerprint density at radius 3 is 2.84 bits per heavy atom. The van der Waals surface area contributed by atoms with Crippen LogP contribution >= 0.6 is 0 Å². The Bertz CT molecular complexity index is 777. The highest BCUT2D eigenvalue weighted by Gasteiger charge is 2.11. The van der Waals surface area contributed by atoms with Crippen LogP contribution in [0.2, 0.25) is 0 Å². The minimum Gasteiger partial charge on any atom is -0.495 e. The zero-order valence-electron chi connectivity index (χ0n) is 13.8. The summed E-state index contributed by atoms with van der Waals surface area (Å²) < 4.78 is 16.2. The molecule has 0 atom stereocenters. The van der Waals surface area contributed by atoms with Crippen LogP contribution in [0.15, 0.2) is 47.6 Å². The zero-order valence-corrected chi connectivity index (χ0v) is 13.8. The first-order valence-electron chi connectivity index (χ1n) is 7.85. The van der Waals surface area contributed by atoms with E-state index in [4.69, 9.17) is 14.2 Å². The molecule has 7 nitrogen and oxygen atoms in total. The van der Waals surface area contributed by atoms with Crippen molar-refractivity contribution in [3.8, 4) is 17.2 Å². The monoisotopic (exact) mass is 341 g/mol. The number of rotatable bonds is 6. The van der Waals surface area contributed by atoms with Crippen LogP contribution in [0, 0.1) is 0 Å². The lowest BCUT2D eigenvalue weighted by Crippen LogP contribution is -2.26. The molecule has 0 unspecified atom stereocenters. The van der Waals surface area contributed by atoms with Gasteiger partial charge in [0.25, 0.3) is 5.91 Å². The summed E-state index contributed by atoms with van der Waals surface area (Å²) in [4.78, 5) is 11.9. The zero-order chi connectivity index (χ0) is 17.5. The van der Waals surface area contributed by atoms with E-state index in [1.165, 1.54) is 0 Å². The van der Waals surface area contributed by atoms with Crippen LogP contribution < -0.4 is 25.0 Å². The quantitative estimate of drug-likeness (QED) is 0.621. The second kappa shape index (κ2) is 8.05. The molecule has 3 rings (SSSR count). The van der Waals surface area contributed by atoms with Crippen molar-refractivity contribution in [3.63, 3.8) is 0 Å². The highest BCUT2D eigenvalue weighted by Crippen LogP contribution is 2.30. The molecule has 1 aliphatic heterocycles. The fourth-order valence-corrected chi connectivity index (χ4v) is 2.32. The van der Waals surface area contributed by atoms with E-state index < -0.39 is 0 Å². The third kappa shape index (κ3) is 4.41. The Balaban J connectivity index is 1.51. The number of nitrogens with one attached hydrogen (secondary N) is 2. The van der Waals surface area contributed by atoms with Crippen LogP contribution in [0.4, 0.5) is 5.69 Å². The summed E-state index contributed by atoms with van der Waals surface area (Å²) in [6.45, 7) is 1.16. The topological polar surface area (TPSA) is 81.2 Å². The lowest BCUT2D eigenvalue weighted by atomic mass is 10.2. The lowest BCUT2D eigenvalue weighted by molar-refractivity contribution is -0.119. The van der Waals surface area contributed by atoms with Gasteiger partial charge in [0.05, 0.1) is 25.6 Å². The fourth-order valence-electron chi connectivity index (χ4n) is 2.32. The first-order chi connectivity index (χ1) is 12.3. The van der Waals surface area contributed by atoms with E-state index in [2.05, 4.69) is 15.8 Å². The number of methoxy groups -OCH3 is 1. The third-order valence-corrected chi connectivity index (χ3v) is 3.52. The summed E-state index contributed by atoms with van der Waals surface area (Å²) in [6.07, 6.45) is 1.55. The second-order valence-electron chi connectivity index (χ2n) is 5.25. The van der Waals surface area contributed by atoms with E-state index in [0.717, 1.165) is 11.3 Å². The number of hydrogen-bond donors (Lipinski definition) is 2. The standard InChI is InChI=1S/C18H19N3O4/c1-23-15-5-3-2-4-14(15)19-12-18(22)21-20-11-13-6-7-16-17(10-13)25-9-8-24-16/h2-7,10-11,19H,8-9,12H2,1H3,(H,21,22)/b20-11-. The Morgan fingerprint density at radius 2 is 2.00 bits per heavy atom. The van der Waals surface area contributed by atoms with Crippen molar-refractivity contribution < 1.29 is 19.0 Å². The summed E-state index contributed by atoms with van der Waals surface area (Å²) in [6, 6.07) is 12.9. The molecule has 0 spiro atoms. The molecule has 0 bridgehead atoms. The predicted molar refractivity (Wildman–Crippen MR) is 94.7 cm³/mol. The van der Waals surface area contributed by atoms with Crippen molar-refractivity contribution in [1.82, 2.24) is 5.43 Å². The molecule has 2 aromatic carbocycles. The minimum atomic E-state index is -0.264. The van der Waals surface area contributed by atoms with Crippen molar-refractivity contribution >= 4 is 17.8 Å². The van der Waals surface area contributed by atoms with Crippen molar-refractivity contribution in [2.75, 3.05) is 32.2 Å². The highest BCUT2D eigenvalue weighted by atomic mass is 16.6. The van der Waals surface area contributed by atoms with Gasteiger partial charge in [-0.1, -0.05) is 12.1 Å². The Morgan fingerprint density at radius 1 is 1.20 bits per heavy atom. The number of fused-ring (bicyclic) bond motifs is 1. The number of carbonyl (C=O) groups excluding carboxylic acids is 1. The maximum atomic E-state index is 11.9. The lowest BCUT2D eigenvalue weighted by Gasteiger charge is -2.18. The number of hydrazone groups is 1. The van der Waals surface area contributed by atoms with Gasteiger partial charge in [0.2, 0.25) is 0 Å². The Labute approximate surface area is 145 Å². The maximum Gasteiger partial charge on any atom is 0.259 e. The van der Waals surface area contributed by atoms with Crippen LogP contribution in [0.25, 0.3) is 0 Å². The number of nitrogens with zero attached hydrogens (tertiary/aromatic N) is 1. The van der Waals surface area contributed by atoms with Gasteiger partial charge in [0, 0.05) is 0 Å². The molecule has 25 heavy (non-hydrogen) atoms. The van der Waals surface area contributed by atoms with Crippen LogP contribution in [0.5, 0.6) is 17.2 Å². The van der Waals surface area contributed by atoms with E-state index in [1.807, 2.05) is 42.5 Å². The molecule has 0 aromatic heterocycles. The normalized spacial score (nSPS) is 12.7. The molecule has 1 aliphatic rings. The maximum absolute atomic E-state index is 11.9. The summed E-state index contributed by atoms with van der Waals surface area (Å²) >= 11 is 0. The summed E-state index contributed by atoms with van der Waals surface area (Å²) in [5.41, 5.74) is 4.03. The third-order valence-electron chi connectivity index (χ3n) is 3.52. The smallest absolute Gasteiger partial charge is 0.259 e. The number of hydrogen-bond acceptors (Lipinski definition) is 6. The van der Waals surface area contributed by atoms with E-state index in [9.17, 15) is 4.79 Å². The molecule has 0 saturated carbocycles. The van der Waals surface area contributed by atoms with Crippen LogP contribution in [-0.4, -0.2) is 39.0 Å². The van der Waals surface area contributed by atoms with Gasteiger partial charge in [-0.15, -0.1) is 0 Å².